The molecule has 1 aromatic carbocycles. The van der Waals surface area contributed by atoms with Crippen LogP contribution in [0.3, 0.4) is 0 Å². The molecule has 0 saturated carbocycles. The Labute approximate surface area is 104 Å². The summed E-state index contributed by atoms with van der Waals surface area (Å²) in [6.45, 7) is 0. The zero-order valence-corrected chi connectivity index (χ0v) is 10.4. The highest BCUT2D eigenvalue weighted by Gasteiger charge is 2.18. The van der Waals surface area contributed by atoms with Crippen LogP contribution in [0, 0.1) is 0 Å². The number of aliphatic carboxylic acids is 1. The van der Waals surface area contributed by atoms with E-state index in [2.05, 4.69) is 5.32 Å². The number of rotatable bonds is 6. The van der Waals surface area contributed by atoms with Crippen molar-refractivity contribution in [2.45, 2.75) is 12.5 Å². The average molecular weight is 253 g/mol. The monoisotopic (exact) mass is 253 g/mol. The van der Waals surface area contributed by atoms with Gasteiger partial charge in [0.15, 0.2) is 0 Å². The smallest absolute Gasteiger partial charge is 0.327 e. The van der Waals surface area contributed by atoms with Crippen molar-refractivity contribution in [2.75, 3.05) is 12.0 Å². The molecule has 92 valence electrons. The van der Waals surface area contributed by atoms with Crippen LogP contribution in [0.1, 0.15) is 5.56 Å². The lowest BCUT2D eigenvalue weighted by atomic mass is 10.1. The predicted octanol–water partition coefficient (Wildman–Crippen LogP) is 1.16. The second-order valence-corrected chi connectivity index (χ2v) is 4.49. The molecular weight excluding hydrogens is 238 g/mol. The SMILES string of the molecule is CSC[C@H](NC(=O)Cc1ccccc1)C(=O)O. The summed E-state index contributed by atoms with van der Waals surface area (Å²) in [7, 11) is 0. The van der Waals surface area contributed by atoms with Crippen LogP contribution in [0.2, 0.25) is 0 Å². The van der Waals surface area contributed by atoms with Gasteiger partial charge in [0.2, 0.25) is 5.91 Å². The molecule has 0 bridgehead atoms. The maximum Gasteiger partial charge on any atom is 0.327 e. The molecule has 0 aliphatic carbocycles. The van der Waals surface area contributed by atoms with Crippen LogP contribution in [0.5, 0.6) is 0 Å². The summed E-state index contributed by atoms with van der Waals surface area (Å²) in [6, 6.07) is 8.42. The normalized spacial score (nSPS) is 11.8. The molecule has 0 heterocycles. The van der Waals surface area contributed by atoms with Crippen LogP contribution >= 0.6 is 11.8 Å². The molecule has 17 heavy (non-hydrogen) atoms. The summed E-state index contributed by atoms with van der Waals surface area (Å²) < 4.78 is 0. The van der Waals surface area contributed by atoms with Gasteiger partial charge in [0.1, 0.15) is 6.04 Å². The van der Waals surface area contributed by atoms with Crippen LogP contribution in [-0.2, 0) is 16.0 Å². The molecule has 0 aliphatic heterocycles. The van der Waals surface area contributed by atoms with Crippen molar-refractivity contribution in [1.82, 2.24) is 5.32 Å². The van der Waals surface area contributed by atoms with Gasteiger partial charge in [-0.15, -0.1) is 0 Å². The third-order valence-corrected chi connectivity index (χ3v) is 2.84. The second kappa shape index (κ2) is 6.96. The molecule has 0 aliphatic rings. The van der Waals surface area contributed by atoms with Crippen molar-refractivity contribution >= 4 is 23.6 Å². The number of carbonyl (C=O) groups excluding carboxylic acids is 1. The topological polar surface area (TPSA) is 66.4 Å². The molecule has 0 radical (unpaired) electrons. The van der Waals surface area contributed by atoms with Gasteiger partial charge >= 0.3 is 5.97 Å². The van der Waals surface area contributed by atoms with Crippen LogP contribution in [-0.4, -0.2) is 35.0 Å². The van der Waals surface area contributed by atoms with Crippen molar-refractivity contribution in [3.8, 4) is 0 Å². The lowest BCUT2D eigenvalue weighted by Gasteiger charge is -2.13. The third kappa shape index (κ3) is 4.91. The zero-order valence-electron chi connectivity index (χ0n) is 9.55. The molecule has 0 spiro atoms. The standard InChI is InChI=1S/C12H15NO3S/c1-17-8-10(12(15)16)13-11(14)7-9-5-3-2-4-6-9/h2-6,10H,7-8H2,1H3,(H,13,14)(H,15,16)/t10-/m0/s1. The summed E-state index contributed by atoms with van der Waals surface area (Å²) in [5.41, 5.74) is 0.873. The Bertz CT molecular complexity index is 381. The minimum Gasteiger partial charge on any atom is -0.480 e. The van der Waals surface area contributed by atoms with Crippen molar-refractivity contribution in [3.63, 3.8) is 0 Å². The van der Waals surface area contributed by atoms with Crippen LogP contribution in [0.4, 0.5) is 0 Å². The number of nitrogens with one attached hydrogen (secondary N) is 1. The molecular formula is C12H15NO3S. The van der Waals surface area contributed by atoms with Crippen molar-refractivity contribution < 1.29 is 14.7 Å². The van der Waals surface area contributed by atoms with E-state index in [-0.39, 0.29) is 12.3 Å². The molecule has 0 aromatic heterocycles. The largest absolute Gasteiger partial charge is 0.480 e. The molecule has 0 fully saturated rings. The second-order valence-electron chi connectivity index (χ2n) is 3.58. The number of amides is 1. The van der Waals surface area contributed by atoms with Crippen LogP contribution in [0.15, 0.2) is 30.3 Å². The van der Waals surface area contributed by atoms with E-state index in [1.165, 1.54) is 11.8 Å². The predicted molar refractivity (Wildman–Crippen MR) is 68.1 cm³/mol. The van der Waals surface area contributed by atoms with Gasteiger partial charge in [-0.25, -0.2) is 4.79 Å². The number of benzene rings is 1. The summed E-state index contributed by atoms with van der Waals surface area (Å²) >= 11 is 1.39. The van der Waals surface area contributed by atoms with Gasteiger partial charge in [0.05, 0.1) is 6.42 Å². The van der Waals surface area contributed by atoms with E-state index in [0.717, 1.165) is 5.56 Å². The van der Waals surface area contributed by atoms with E-state index in [9.17, 15) is 9.59 Å². The molecule has 1 rings (SSSR count). The minimum absolute atomic E-state index is 0.207. The number of thioether (sulfide) groups is 1. The summed E-state index contributed by atoms with van der Waals surface area (Å²) in [5.74, 6) is -0.894. The highest BCUT2D eigenvalue weighted by molar-refractivity contribution is 7.98. The first-order chi connectivity index (χ1) is 8.13. The summed E-state index contributed by atoms with van der Waals surface area (Å²) in [6.07, 6.45) is 2.01. The van der Waals surface area contributed by atoms with Crippen molar-refractivity contribution in [3.05, 3.63) is 35.9 Å². The molecule has 1 atom stereocenters. The molecule has 4 nitrogen and oxygen atoms in total. The quantitative estimate of drug-likeness (QED) is 0.798. The van der Waals surface area contributed by atoms with E-state index in [0.29, 0.717) is 5.75 Å². The van der Waals surface area contributed by atoms with E-state index in [4.69, 9.17) is 5.11 Å². The number of carboxylic acids is 1. The van der Waals surface area contributed by atoms with E-state index < -0.39 is 12.0 Å². The number of hydrogen-bond acceptors (Lipinski definition) is 3. The summed E-state index contributed by atoms with van der Waals surface area (Å²) in [5, 5.41) is 11.4. The Morgan fingerprint density at radius 1 is 1.35 bits per heavy atom. The van der Waals surface area contributed by atoms with E-state index in [1.54, 1.807) is 6.26 Å². The molecule has 2 N–H and O–H groups in total. The lowest BCUT2D eigenvalue weighted by molar-refractivity contribution is -0.141. The average Bonchev–Trinajstić information content (AvgIpc) is 2.29. The molecule has 5 heteroatoms. The Hall–Kier alpha value is -1.49. The Balaban J connectivity index is 2.51. The van der Waals surface area contributed by atoms with E-state index >= 15 is 0 Å². The van der Waals surface area contributed by atoms with Crippen molar-refractivity contribution in [1.29, 1.82) is 0 Å². The van der Waals surface area contributed by atoms with Crippen LogP contribution < -0.4 is 5.32 Å². The maximum atomic E-state index is 11.6. The zero-order chi connectivity index (χ0) is 12.7. The first-order valence-corrected chi connectivity index (χ1v) is 6.58. The molecule has 0 unspecified atom stereocenters. The van der Waals surface area contributed by atoms with Gasteiger partial charge in [-0.2, -0.15) is 11.8 Å². The molecule has 0 saturated heterocycles. The van der Waals surface area contributed by atoms with Gasteiger partial charge in [-0.05, 0) is 11.8 Å². The van der Waals surface area contributed by atoms with Gasteiger partial charge in [0, 0.05) is 5.75 Å². The highest BCUT2D eigenvalue weighted by atomic mass is 32.2. The summed E-state index contributed by atoms with van der Waals surface area (Å²) in [4.78, 5) is 22.5. The van der Waals surface area contributed by atoms with Crippen LogP contribution in [0.25, 0.3) is 0 Å². The molecule has 1 aromatic rings. The maximum absolute atomic E-state index is 11.6. The Kier molecular flexibility index (Phi) is 5.56. The van der Waals surface area contributed by atoms with Gasteiger partial charge in [-0.1, -0.05) is 30.3 Å². The van der Waals surface area contributed by atoms with Crippen molar-refractivity contribution in [2.24, 2.45) is 0 Å². The minimum atomic E-state index is -0.999. The van der Waals surface area contributed by atoms with Gasteiger partial charge in [-0.3, -0.25) is 4.79 Å². The number of carbonyl (C=O) groups is 2. The first-order valence-electron chi connectivity index (χ1n) is 5.18. The fourth-order valence-corrected chi connectivity index (χ4v) is 1.93. The first kappa shape index (κ1) is 13.6. The number of hydrogen-bond donors (Lipinski definition) is 2. The van der Waals surface area contributed by atoms with Gasteiger partial charge < -0.3 is 10.4 Å². The Morgan fingerprint density at radius 2 is 2.00 bits per heavy atom. The fraction of sp³-hybridized carbons (Fsp3) is 0.333. The fourth-order valence-electron chi connectivity index (χ4n) is 1.37. The number of carboxylic acid groups (broad SMARTS) is 1. The third-order valence-electron chi connectivity index (χ3n) is 2.17. The Morgan fingerprint density at radius 3 is 2.53 bits per heavy atom. The van der Waals surface area contributed by atoms with Gasteiger partial charge in [0.25, 0.3) is 0 Å². The lowest BCUT2D eigenvalue weighted by Crippen LogP contribution is -2.43. The highest BCUT2D eigenvalue weighted by Crippen LogP contribution is 2.01. The molecule has 1 amide bonds. The van der Waals surface area contributed by atoms with E-state index in [1.807, 2.05) is 30.3 Å².